The molecule has 4 nitrogen and oxygen atoms in total. The average molecular weight is 334 g/mol. The van der Waals surface area contributed by atoms with E-state index in [1.807, 2.05) is 24.4 Å². The van der Waals surface area contributed by atoms with Crippen molar-refractivity contribution in [3.63, 3.8) is 0 Å². The summed E-state index contributed by atoms with van der Waals surface area (Å²) in [6.07, 6.45) is 1.83. The van der Waals surface area contributed by atoms with Crippen molar-refractivity contribution in [1.82, 2.24) is 9.38 Å². The van der Waals surface area contributed by atoms with Crippen molar-refractivity contribution in [1.29, 1.82) is 0 Å². The Hall–Kier alpha value is -3.41. The zero-order valence-electron chi connectivity index (χ0n) is 13.0. The first-order valence-electron chi connectivity index (χ1n) is 7.61. The third-order valence-electron chi connectivity index (χ3n) is 3.71. The molecule has 0 spiro atoms. The lowest BCUT2D eigenvalue weighted by molar-refractivity contribution is 0.627. The van der Waals surface area contributed by atoms with Gasteiger partial charge in [-0.15, -0.1) is 10.2 Å². The highest BCUT2D eigenvalue weighted by atomic mass is 19.1. The Morgan fingerprint density at radius 3 is 2.16 bits per heavy atom. The maximum atomic E-state index is 13.2. The van der Waals surface area contributed by atoms with Crippen LogP contribution < -0.4 is 0 Å². The topological polar surface area (TPSA) is 42.0 Å². The Labute approximate surface area is 142 Å². The zero-order chi connectivity index (χ0) is 17.2. The van der Waals surface area contributed by atoms with Gasteiger partial charge in [0.2, 0.25) is 0 Å². The molecule has 0 saturated heterocycles. The van der Waals surface area contributed by atoms with Crippen LogP contribution in [0.2, 0.25) is 0 Å². The minimum Gasteiger partial charge on any atom is -0.283 e. The lowest BCUT2D eigenvalue weighted by atomic mass is 10.1. The number of imidazole rings is 1. The van der Waals surface area contributed by atoms with Crippen LogP contribution in [0.15, 0.2) is 83.2 Å². The highest BCUT2D eigenvalue weighted by molar-refractivity contribution is 5.74. The van der Waals surface area contributed by atoms with E-state index in [-0.39, 0.29) is 11.6 Å². The van der Waals surface area contributed by atoms with Crippen molar-refractivity contribution in [2.45, 2.75) is 0 Å². The van der Waals surface area contributed by atoms with Gasteiger partial charge in [-0.1, -0.05) is 6.07 Å². The molecule has 2 aromatic carbocycles. The fraction of sp³-hybridized carbons (Fsp3) is 0. The first kappa shape index (κ1) is 15.1. The molecule has 25 heavy (non-hydrogen) atoms. The van der Waals surface area contributed by atoms with E-state index in [1.54, 1.807) is 28.7 Å². The van der Waals surface area contributed by atoms with Crippen LogP contribution >= 0.6 is 0 Å². The van der Waals surface area contributed by atoms with Crippen molar-refractivity contribution < 1.29 is 8.78 Å². The van der Waals surface area contributed by atoms with Gasteiger partial charge < -0.3 is 0 Å². The lowest BCUT2D eigenvalue weighted by Crippen LogP contribution is -1.82. The van der Waals surface area contributed by atoms with Crippen LogP contribution in [-0.4, -0.2) is 9.38 Å². The molecule has 0 N–H and O–H groups in total. The quantitative estimate of drug-likeness (QED) is 0.443. The SMILES string of the molecule is Fc1ccc(N=Nc2c(-c3ccc(F)cc3)nc3ccccn23)cc1. The fourth-order valence-electron chi connectivity index (χ4n) is 2.49. The average Bonchev–Trinajstić information content (AvgIpc) is 3.00. The third-order valence-corrected chi connectivity index (χ3v) is 3.71. The molecule has 0 aliphatic rings. The van der Waals surface area contributed by atoms with Gasteiger partial charge in [0, 0.05) is 11.8 Å². The van der Waals surface area contributed by atoms with Gasteiger partial charge in [0.25, 0.3) is 0 Å². The normalized spacial score (nSPS) is 11.4. The number of aromatic nitrogens is 2. The van der Waals surface area contributed by atoms with Gasteiger partial charge in [0.15, 0.2) is 5.82 Å². The molecule has 2 aromatic heterocycles. The first-order valence-corrected chi connectivity index (χ1v) is 7.61. The molecule has 0 atom stereocenters. The number of rotatable bonds is 3. The Balaban J connectivity index is 1.84. The molecule has 122 valence electrons. The standard InChI is InChI=1S/C19H12F2N4/c20-14-6-4-13(5-7-14)18-19(25-12-2-1-3-17(25)22-18)24-23-16-10-8-15(21)9-11-16/h1-12H. The van der Waals surface area contributed by atoms with Crippen molar-refractivity contribution in [2.24, 2.45) is 10.2 Å². The minimum absolute atomic E-state index is 0.318. The molecule has 0 unspecified atom stereocenters. The summed E-state index contributed by atoms with van der Waals surface area (Å²) in [5.74, 6) is -0.130. The molecule has 6 heteroatoms. The summed E-state index contributed by atoms with van der Waals surface area (Å²) < 4.78 is 28.0. The van der Waals surface area contributed by atoms with Gasteiger partial charge in [-0.25, -0.2) is 13.8 Å². The zero-order valence-corrected chi connectivity index (χ0v) is 13.0. The summed E-state index contributed by atoms with van der Waals surface area (Å²) in [5.41, 5.74) is 2.56. The second-order valence-corrected chi connectivity index (χ2v) is 5.40. The van der Waals surface area contributed by atoms with Gasteiger partial charge >= 0.3 is 0 Å². The van der Waals surface area contributed by atoms with Gasteiger partial charge in [0.05, 0.1) is 5.69 Å². The van der Waals surface area contributed by atoms with Crippen LogP contribution in [0.4, 0.5) is 20.3 Å². The summed E-state index contributed by atoms with van der Waals surface area (Å²) in [6, 6.07) is 17.4. The maximum absolute atomic E-state index is 13.2. The van der Waals surface area contributed by atoms with E-state index in [2.05, 4.69) is 15.2 Å². The Morgan fingerprint density at radius 1 is 0.760 bits per heavy atom. The second-order valence-electron chi connectivity index (χ2n) is 5.40. The molecule has 0 bridgehead atoms. The number of halogens is 2. The highest BCUT2D eigenvalue weighted by Crippen LogP contribution is 2.32. The molecule has 0 saturated carbocycles. The van der Waals surface area contributed by atoms with E-state index in [4.69, 9.17) is 0 Å². The third kappa shape index (κ3) is 3.01. The maximum Gasteiger partial charge on any atom is 0.187 e. The van der Waals surface area contributed by atoms with Crippen LogP contribution in [-0.2, 0) is 0 Å². The number of pyridine rings is 1. The molecule has 0 aliphatic carbocycles. The number of hydrogen-bond donors (Lipinski definition) is 0. The number of fused-ring (bicyclic) bond motifs is 1. The molecular formula is C19H12F2N4. The predicted octanol–water partition coefficient (Wildman–Crippen LogP) is 5.69. The van der Waals surface area contributed by atoms with E-state index in [0.29, 0.717) is 22.8 Å². The Bertz CT molecular complexity index is 1050. The van der Waals surface area contributed by atoms with Gasteiger partial charge in [-0.2, -0.15) is 0 Å². The van der Waals surface area contributed by atoms with E-state index in [9.17, 15) is 8.78 Å². The number of azo groups is 1. The lowest BCUT2D eigenvalue weighted by Gasteiger charge is -2.00. The summed E-state index contributed by atoms with van der Waals surface area (Å²) in [5, 5.41) is 8.47. The van der Waals surface area contributed by atoms with Gasteiger partial charge in [-0.05, 0) is 60.7 Å². The van der Waals surface area contributed by atoms with E-state index < -0.39 is 0 Å². The van der Waals surface area contributed by atoms with Crippen LogP contribution in [0.25, 0.3) is 16.9 Å². The van der Waals surface area contributed by atoms with Crippen molar-refractivity contribution in [2.75, 3.05) is 0 Å². The molecule has 0 aliphatic heterocycles. The fourth-order valence-corrected chi connectivity index (χ4v) is 2.49. The molecule has 0 radical (unpaired) electrons. The predicted molar refractivity (Wildman–Crippen MR) is 91.2 cm³/mol. The van der Waals surface area contributed by atoms with E-state index in [0.717, 1.165) is 5.56 Å². The molecule has 2 heterocycles. The highest BCUT2D eigenvalue weighted by Gasteiger charge is 2.13. The first-order chi connectivity index (χ1) is 12.2. The summed E-state index contributed by atoms with van der Waals surface area (Å²) in [4.78, 5) is 4.57. The largest absolute Gasteiger partial charge is 0.283 e. The number of benzene rings is 2. The van der Waals surface area contributed by atoms with E-state index >= 15 is 0 Å². The summed E-state index contributed by atoms with van der Waals surface area (Å²) in [7, 11) is 0. The van der Waals surface area contributed by atoms with Gasteiger partial charge in [-0.3, -0.25) is 4.40 Å². The summed E-state index contributed by atoms with van der Waals surface area (Å²) >= 11 is 0. The second kappa shape index (κ2) is 6.24. The smallest absolute Gasteiger partial charge is 0.187 e. The van der Waals surface area contributed by atoms with Crippen LogP contribution in [0.3, 0.4) is 0 Å². The molecular weight excluding hydrogens is 322 g/mol. The van der Waals surface area contributed by atoms with Crippen molar-refractivity contribution in [3.05, 3.63) is 84.6 Å². The van der Waals surface area contributed by atoms with Crippen molar-refractivity contribution >= 4 is 17.2 Å². The van der Waals surface area contributed by atoms with Crippen LogP contribution in [0.5, 0.6) is 0 Å². The molecule has 0 fully saturated rings. The van der Waals surface area contributed by atoms with Gasteiger partial charge in [0.1, 0.15) is 23.0 Å². The Morgan fingerprint density at radius 2 is 1.44 bits per heavy atom. The molecule has 0 amide bonds. The minimum atomic E-state index is -0.333. The Kier molecular flexibility index (Phi) is 3.78. The number of hydrogen-bond acceptors (Lipinski definition) is 3. The summed E-state index contributed by atoms with van der Waals surface area (Å²) in [6.45, 7) is 0. The number of nitrogens with zero attached hydrogens (tertiary/aromatic N) is 4. The molecule has 4 aromatic rings. The van der Waals surface area contributed by atoms with E-state index in [1.165, 1.54) is 24.3 Å². The monoisotopic (exact) mass is 334 g/mol. The van der Waals surface area contributed by atoms with Crippen LogP contribution in [0, 0.1) is 11.6 Å². The van der Waals surface area contributed by atoms with Crippen LogP contribution in [0.1, 0.15) is 0 Å². The van der Waals surface area contributed by atoms with Crippen molar-refractivity contribution in [3.8, 4) is 11.3 Å². The molecule has 4 rings (SSSR count).